The first kappa shape index (κ1) is 29.4. The highest BCUT2D eigenvalue weighted by Gasteiger charge is 2.88. The molecule has 3 N–H and O–H groups in total. The molecule has 0 saturated heterocycles. The van der Waals surface area contributed by atoms with Gasteiger partial charge in [-0.25, -0.2) is 0 Å². The van der Waals surface area contributed by atoms with Crippen LogP contribution >= 0.6 is 10.3 Å². The minimum absolute atomic E-state index is 0.248. The number of alkyl halides is 9. The van der Waals surface area contributed by atoms with E-state index in [9.17, 15) is 58.1 Å². The van der Waals surface area contributed by atoms with Gasteiger partial charge in [-0.15, -0.1) is 8.42 Å². The van der Waals surface area contributed by atoms with Crippen molar-refractivity contribution < 1.29 is 61.8 Å². The topological polar surface area (TPSA) is 87.4 Å². The molecule has 0 saturated carbocycles. The maximum absolute atomic E-state index is 14.7. The molecule has 208 valence electrons. The van der Waals surface area contributed by atoms with Gasteiger partial charge >= 0.3 is 33.4 Å². The van der Waals surface area contributed by atoms with Crippen molar-refractivity contribution in [2.24, 2.45) is 0 Å². The van der Waals surface area contributed by atoms with Crippen molar-refractivity contribution in [1.29, 1.82) is 0 Å². The second-order valence-electron chi connectivity index (χ2n) is 7.59. The number of benzene rings is 3. The Bertz CT molecular complexity index is 1330. The van der Waals surface area contributed by atoms with Crippen LogP contribution in [0.5, 0.6) is 11.5 Å². The Labute approximate surface area is 210 Å². The van der Waals surface area contributed by atoms with Crippen LogP contribution in [0, 0.1) is 0 Å². The molecule has 0 atom stereocenters. The van der Waals surface area contributed by atoms with Crippen LogP contribution in [0.3, 0.4) is 0 Å². The number of aromatic hydroxyl groups is 2. The van der Waals surface area contributed by atoms with E-state index in [1.807, 2.05) is 0 Å². The molecule has 0 fully saturated rings. The van der Waals surface area contributed by atoms with Crippen LogP contribution in [-0.4, -0.2) is 45.5 Å². The monoisotopic (exact) mass is 595 g/mol. The first-order valence-electron chi connectivity index (χ1n) is 9.97. The van der Waals surface area contributed by atoms with E-state index in [1.165, 1.54) is 18.2 Å². The molecule has 0 bridgehead atoms. The Morgan fingerprint density at radius 1 is 0.553 bits per heavy atom. The third-order valence-electron chi connectivity index (χ3n) is 5.09. The Balaban J connectivity index is 2.36. The molecule has 3 aromatic carbocycles. The highest BCUT2D eigenvalue weighted by Crippen LogP contribution is 2.70. The summed E-state index contributed by atoms with van der Waals surface area (Å²) in [5.74, 6) is -15.8. The van der Waals surface area contributed by atoms with Gasteiger partial charge in [-0.05, 0) is 60.7 Å². The van der Waals surface area contributed by atoms with Crippen LogP contribution < -0.4 is 0 Å². The lowest BCUT2D eigenvalue weighted by molar-refractivity contribution is -0.382. The molecule has 0 heterocycles. The Morgan fingerprint density at radius 2 is 0.921 bits per heavy atom. The average molecular weight is 595 g/mol. The minimum Gasteiger partial charge on any atom is -0.508 e. The molecule has 0 amide bonds. The molecular weight excluding hydrogens is 579 g/mol. The summed E-state index contributed by atoms with van der Waals surface area (Å²) in [7, 11) is -11.3. The fourth-order valence-corrected chi connectivity index (χ4v) is 8.62. The van der Waals surface area contributed by atoms with E-state index in [1.54, 1.807) is 0 Å². The Hall–Kier alpha value is -3.11. The molecule has 3 aromatic rings. The van der Waals surface area contributed by atoms with Crippen molar-refractivity contribution in [2.75, 3.05) is 0 Å². The Morgan fingerprint density at radius 3 is 1.29 bits per heavy atom. The Kier molecular flexibility index (Phi) is 7.42. The standard InChI is InChI=1S/C22H15F9O5S2/c23-19(24,21(27,28)29)20(25,26)22(30,31)38(34,35)36-37(16-4-2-1-3-5-16,17-10-6-14(32)7-11-17)18-12-8-15(33)9-13-18/h1-13,32-33H/p+1. The van der Waals surface area contributed by atoms with Gasteiger partial charge in [0.05, 0.1) is 25.0 Å². The first-order chi connectivity index (χ1) is 17.3. The second kappa shape index (κ2) is 9.57. The van der Waals surface area contributed by atoms with Gasteiger partial charge in [-0.1, -0.05) is 18.2 Å². The summed E-state index contributed by atoms with van der Waals surface area (Å²) in [5, 5.41) is 12.2. The van der Waals surface area contributed by atoms with Crippen molar-refractivity contribution >= 4 is 20.4 Å². The molecule has 0 aliphatic rings. The van der Waals surface area contributed by atoms with Crippen LogP contribution in [0.25, 0.3) is 0 Å². The highest BCUT2D eigenvalue weighted by atomic mass is 32.3. The summed E-state index contributed by atoms with van der Waals surface area (Å²) in [6.45, 7) is 0. The van der Waals surface area contributed by atoms with E-state index in [4.69, 9.17) is 0 Å². The maximum atomic E-state index is 14.7. The lowest BCUT2D eigenvalue weighted by Crippen LogP contribution is -2.63. The molecule has 5 nitrogen and oxygen atoms in total. The number of halogens is 9. The fourth-order valence-electron chi connectivity index (χ4n) is 3.16. The predicted octanol–water partition coefficient (Wildman–Crippen LogP) is 7.14. The summed E-state index contributed by atoms with van der Waals surface area (Å²) in [6, 6.07) is 13.9. The van der Waals surface area contributed by atoms with Crippen LogP contribution in [0.1, 0.15) is 0 Å². The molecule has 16 heteroatoms. The highest BCUT2D eigenvalue weighted by molar-refractivity contribution is 8.32. The van der Waals surface area contributed by atoms with Crippen molar-refractivity contribution in [3.63, 3.8) is 0 Å². The SMILES string of the molecule is O=S(=O)([OH+]S(c1ccccc1)(c1ccc(O)cc1)c1ccc(O)cc1)C(F)(F)C(F)(F)C(F)(F)C(F)(F)F. The van der Waals surface area contributed by atoms with E-state index in [2.05, 4.69) is 3.63 Å². The zero-order valence-corrected chi connectivity index (χ0v) is 20.0. The quantitative estimate of drug-likeness (QED) is 0.165. The minimum atomic E-state index is -7.48. The summed E-state index contributed by atoms with van der Waals surface area (Å²) in [4.78, 5) is -0.892. The normalized spacial score (nSPS) is 14.3. The molecule has 0 aromatic heterocycles. The van der Waals surface area contributed by atoms with Crippen LogP contribution in [0.4, 0.5) is 39.5 Å². The average Bonchev–Trinajstić information content (AvgIpc) is 2.83. The van der Waals surface area contributed by atoms with E-state index in [0.29, 0.717) is 0 Å². The lowest BCUT2D eigenvalue weighted by Gasteiger charge is -2.37. The zero-order chi connectivity index (χ0) is 28.8. The zero-order valence-electron chi connectivity index (χ0n) is 18.4. The summed E-state index contributed by atoms with van der Waals surface area (Å²) < 4.78 is 151. The number of hydrogen-bond acceptors (Lipinski definition) is 4. The molecule has 0 spiro atoms. The van der Waals surface area contributed by atoms with E-state index >= 15 is 0 Å². The molecular formula is C22H16F9O5S2+. The fraction of sp³-hybridized carbons (Fsp3) is 0.182. The third-order valence-corrected chi connectivity index (χ3v) is 10.5. The summed E-state index contributed by atoms with van der Waals surface area (Å²) >= 11 is 0. The molecule has 0 aliphatic heterocycles. The maximum Gasteiger partial charge on any atom is 0.486 e. The molecule has 0 unspecified atom stereocenters. The van der Waals surface area contributed by atoms with Gasteiger partial charge in [-0.3, -0.25) is 3.63 Å². The molecule has 0 aliphatic carbocycles. The van der Waals surface area contributed by atoms with Gasteiger partial charge in [0.2, 0.25) is 0 Å². The smallest absolute Gasteiger partial charge is 0.486 e. The van der Waals surface area contributed by atoms with Gasteiger partial charge in [0.1, 0.15) is 11.5 Å². The van der Waals surface area contributed by atoms with Gasteiger partial charge < -0.3 is 10.2 Å². The van der Waals surface area contributed by atoms with E-state index < -0.39 is 55.2 Å². The number of phenolic OH excluding ortho intramolecular Hbond substituents is 2. The van der Waals surface area contributed by atoms with Crippen molar-refractivity contribution in [2.45, 2.75) is 38.0 Å². The van der Waals surface area contributed by atoms with Crippen molar-refractivity contribution in [1.82, 2.24) is 0 Å². The summed E-state index contributed by atoms with van der Waals surface area (Å²) in [5.41, 5.74) is 0. The number of rotatable bonds is 8. The van der Waals surface area contributed by atoms with E-state index in [-0.39, 0.29) is 14.7 Å². The van der Waals surface area contributed by atoms with E-state index in [0.717, 1.165) is 60.7 Å². The third kappa shape index (κ3) is 4.64. The van der Waals surface area contributed by atoms with Gasteiger partial charge in [-0.2, -0.15) is 39.5 Å². The van der Waals surface area contributed by atoms with Crippen LogP contribution in [-0.2, 0) is 10.1 Å². The van der Waals surface area contributed by atoms with Crippen LogP contribution in [0.2, 0.25) is 0 Å². The van der Waals surface area contributed by atoms with Gasteiger partial charge in [0.25, 0.3) is 0 Å². The largest absolute Gasteiger partial charge is 0.508 e. The van der Waals surface area contributed by atoms with Crippen molar-refractivity contribution in [3.05, 3.63) is 78.9 Å². The van der Waals surface area contributed by atoms with Crippen LogP contribution in [0.15, 0.2) is 93.5 Å². The summed E-state index contributed by atoms with van der Waals surface area (Å²) in [6.07, 6.45) is -7.24. The van der Waals surface area contributed by atoms with Gasteiger partial charge in [0, 0.05) is 0 Å². The number of phenols is 2. The van der Waals surface area contributed by atoms with Crippen molar-refractivity contribution in [3.8, 4) is 11.5 Å². The molecule has 3 rings (SSSR count). The molecule has 0 radical (unpaired) electrons. The van der Waals surface area contributed by atoms with Gasteiger partial charge in [0.15, 0.2) is 0 Å². The molecule has 38 heavy (non-hydrogen) atoms. The number of hydrogen-bond donors (Lipinski definition) is 2. The second-order valence-corrected chi connectivity index (χ2v) is 12.2. The predicted molar refractivity (Wildman–Crippen MR) is 117 cm³/mol. The lowest BCUT2D eigenvalue weighted by atomic mass is 10.1. The first-order valence-corrected chi connectivity index (χ1v) is 13.0.